The molecule has 0 radical (unpaired) electrons. The van der Waals surface area contributed by atoms with E-state index in [1.165, 1.54) is 22.3 Å². The highest BCUT2D eigenvalue weighted by Crippen LogP contribution is 2.22. The smallest absolute Gasteiger partial charge is 0.119 e. The number of nitrogens with two attached hydrogens (primary N) is 1. The van der Waals surface area contributed by atoms with E-state index in [0.29, 0.717) is 6.10 Å². The quantitative estimate of drug-likeness (QED) is 0.552. The van der Waals surface area contributed by atoms with Gasteiger partial charge >= 0.3 is 0 Å². The Morgan fingerprint density at radius 1 is 0.697 bits per heavy atom. The van der Waals surface area contributed by atoms with Gasteiger partial charge in [-0.25, -0.2) is 0 Å². The van der Waals surface area contributed by atoms with E-state index in [9.17, 15) is 0 Å². The summed E-state index contributed by atoms with van der Waals surface area (Å²) in [5.74, 6) is 0.997. The molecule has 0 spiro atoms. The maximum absolute atomic E-state index is 6.32. The van der Waals surface area contributed by atoms with E-state index in [4.69, 9.17) is 10.5 Å². The zero-order chi connectivity index (χ0) is 22.5. The molecule has 0 unspecified atom stereocenters. The van der Waals surface area contributed by atoms with Crippen LogP contribution < -0.4 is 10.5 Å². The van der Waals surface area contributed by atoms with Crippen LogP contribution in [-0.4, -0.2) is 42.1 Å². The molecule has 2 heterocycles. The van der Waals surface area contributed by atoms with Gasteiger partial charge in [0.15, 0.2) is 0 Å². The predicted octanol–water partition coefficient (Wildman–Crippen LogP) is 4.91. The molecule has 3 aromatic rings. The largest absolute Gasteiger partial charge is 0.490 e. The zero-order valence-electron chi connectivity index (χ0n) is 19.5. The Morgan fingerprint density at radius 2 is 1.33 bits per heavy atom. The molecular weight excluding hydrogens is 406 g/mol. The predicted molar refractivity (Wildman–Crippen MR) is 135 cm³/mol. The van der Waals surface area contributed by atoms with Gasteiger partial charge < -0.3 is 10.5 Å². The SMILES string of the molecule is Nc1cccc(CN2CCC(Oc3ccc(CN4CCc5ccccc5CC4)cc3)CC2)c1. The van der Waals surface area contributed by atoms with Crippen molar-refractivity contribution in [3.8, 4) is 5.75 Å². The third-order valence-corrected chi connectivity index (χ3v) is 7.04. The van der Waals surface area contributed by atoms with Crippen molar-refractivity contribution in [1.82, 2.24) is 9.80 Å². The molecule has 2 aliphatic rings. The molecule has 1 fully saturated rings. The molecule has 0 bridgehead atoms. The molecule has 2 aliphatic heterocycles. The first kappa shape index (κ1) is 22.0. The molecule has 3 aromatic carbocycles. The minimum absolute atomic E-state index is 0.303. The van der Waals surface area contributed by atoms with Crippen molar-refractivity contribution in [3.05, 3.63) is 95.1 Å². The second-order valence-electron chi connectivity index (χ2n) is 9.53. The van der Waals surface area contributed by atoms with Crippen LogP contribution in [0.4, 0.5) is 5.69 Å². The number of ether oxygens (including phenoxy) is 1. The molecular formula is C29H35N3O. The lowest BCUT2D eigenvalue weighted by molar-refractivity contribution is 0.0968. The Labute approximate surface area is 198 Å². The maximum atomic E-state index is 6.32. The molecule has 2 N–H and O–H groups in total. The van der Waals surface area contributed by atoms with E-state index in [1.54, 1.807) is 0 Å². The third kappa shape index (κ3) is 5.95. The zero-order valence-corrected chi connectivity index (χ0v) is 19.5. The Bertz CT molecular complexity index is 1010. The number of piperidine rings is 1. The number of benzene rings is 3. The van der Waals surface area contributed by atoms with Crippen LogP contribution in [0.2, 0.25) is 0 Å². The van der Waals surface area contributed by atoms with E-state index in [1.807, 2.05) is 12.1 Å². The van der Waals surface area contributed by atoms with Gasteiger partial charge in [-0.15, -0.1) is 0 Å². The van der Waals surface area contributed by atoms with Gasteiger partial charge in [0.05, 0.1) is 0 Å². The van der Waals surface area contributed by atoms with Crippen LogP contribution in [0.25, 0.3) is 0 Å². The minimum atomic E-state index is 0.303. The summed E-state index contributed by atoms with van der Waals surface area (Å²) < 4.78 is 6.32. The third-order valence-electron chi connectivity index (χ3n) is 7.04. The van der Waals surface area contributed by atoms with Crippen molar-refractivity contribution in [2.75, 3.05) is 31.9 Å². The van der Waals surface area contributed by atoms with Crippen LogP contribution in [0, 0.1) is 0 Å². The first-order valence-electron chi connectivity index (χ1n) is 12.3. The molecule has 172 valence electrons. The number of nitrogens with zero attached hydrogens (tertiary/aromatic N) is 2. The summed E-state index contributed by atoms with van der Waals surface area (Å²) >= 11 is 0. The van der Waals surface area contributed by atoms with Crippen molar-refractivity contribution >= 4 is 5.69 Å². The second-order valence-corrected chi connectivity index (χ2v) is 9.53. The fraction of sp³-hybridized carbons (Fsp3) is 0.379. The fourth-order valence-electron chi connectivity index (χ4n) is 5.13. The van der Waals surface area contributed by atoms with Gasteiger partial charge in [0.1, 0.15) is 11.9 Å². The van der Waals surface area contributed by atoms with Gasteiger partial charge in [0.2, 0.25) is 0 Å². The minimum Gasteiger partial charge on any atom is -0.490 e. The average molecular weight is 442 g/mol. The molecule has 1 saturated heterocycles. The van der Waals surface area contributed by atoms with E-state index >= 15 is 0 Å². The lowest BCUT2D eigenvalue weighted by Crippen LogP contribution is -2.37. The van der Waals surface area contributed by atoms with Crippen LogP contribution in [0.3, 0.4) is 0 Å². The summed E-state index contributed by atoms with van der Waals surface area (Å²) in [7, 11) is 0. The molecule has 0 atom stereocenters. The molecule has 0 aliphatic carbocycles. The summed E-state index contributed by atoms with van der Waals surface area (Å²) in [4.78, 5) is 5.07. The number of fused-ring (bicyclic) bond motifs is 1. The summed E-state index contributed by atoms with van der Waals surface area (Å²) in [6, 6.07) is 25.9. The summed E-state index contributed by atoms with van der Waals surface area (Å²) in [6.45, 7) is 6.36. The Morgan fingerprint density at radius 3 is 2.00 bits per heavy atom. The van der Waals surface area contributed by atoms with Crippen LogP contribution in [0.15, 0.2) is 72.8 Å². The van der Waals surface area contributed by atoms with Crippen LogP contribution in [-0.2, 0) is 25.9 Å². The van der Waals surface area contributed by atoms with Crippen molar-refractivity contribution in [1.29, 1.82) is 0 Å². The summed E-state index contributed by atoms with van der Waals surface area (Å²) in [5, 5.41) is 0. The van der Waals surface area contributed by atoms with Crippen molar-refractivity contribution < 1.29 is 4.74 Å². The fourth-order valence-corrected chi connectivity index (χ4v) is 5.13. The van der Waals surface area contributed by atoms with Gasteiger partial charge in [0, 0.05) is 45.0 Å². The van der Waals surface area contributed by atoms with E-state index in [-0.39, 0.29) is 0 Å². The normalized spacial score (nSPS) is 17.9. The molecule has 5 rings (SSSR count). The van der Waals surface area contributed by atoms with Crippen LogP contribution in [0.1, 0.15) is 35.1 Å². The molecule has 0 saturated carbocycles. The number of hydrogen-bond acceptors (Lipinski definition) is 4. The van der Waals surface area contributed by atoms with Crippen molar-refractivity contribution in [3.63, 3.8) is 0 Å². The summed E-state index contributed by atoms with van der Waals surface area (Å²) in [6.07, 6.45) is 4.73. The Balaban J connectivity index is 1.08. The number of hydrogen-bond donors (Lipinski definition) is 1. The molecule has 4 heteroatoms. The van der Waals surface area contributed by atoms with Gasteiger partial charge in [-0.2, -0.15) is 0 Å². The maximum Gasteiger partial charge on any atom is 0.119 e. The Hall–Kier alpha value is -2.82. The standard InChI is InChI=1S/C29H35N3O/c30-27-7-3-4-24(20-27)22-32-18-14-29(15-19-32)33-28-10-8-23(9-11-28)21-31-16-12-25-5-1-2-6-26(25)13-17-31/h1-11,20,29H,12-19,21-22,30H2. The Kier molecular flexibility index (Phi) is 6.94. The average Bonchev–Trinajstić information content (AvgIpc) is 3.04. The number of anilines is 1. The molecule has 0 aromatic heterocycles. The van der Waals surface area contributed by atoms with E-state index < -0.39 is 0 Å². The number of likely N-dealkylation sites (tertiary alicyclic amines) is 1. The molecule has 33 heavy (non-hydrogen) atoms. The number of nitrogen functional groups attached to an aromatic ring is 1. The second kappa shape index (κ2) is 10.4. The van der Waals surface area contributed by atoms with E-state index in [2.05, 4.69) is 70.5 Å². The van der Waals surface area contributed by atoms with Crippen LogP contribution >= 0.6 is 0 Å². The van der Waals surface area contributed by atoms with Gasteiger partial charge in [-0.3, -0.25) is 9.80 Å². The highest BCUT2D eigenvalue weighted by atomic mass is 16.5. The first-order valence-corrected chi connectivity index (χ1v) is 12.3. The number of rotatable bonds is 6. The lowest BCUT2D eigenvalue weighted by Gasteiger charge is -2.32. The van der Waals surface area contributed by atoms with Crippen LogP contribution in [0.5, 0.6) is 5.75 Å². The monoisotopic (exact) mass is 441 g/mol. The lowest BCUT2D eigenvalue weighted by atomic mass is 10.0. The topological polar surface area (TPSA) is 41.7 Å². The van der Waals surface area contributed by atoms with Gasteiger partial charge in [-0.1, -0.05) is 48.5 Å². The van der Waals surface area contributed by atoms with E-state index in [0.717, 1.165) is 76.4 Å². The van der Waals surface area contributed by atoms with Crippen molar-refractivity contribution in [2.45, 2.75) is 44.9 Å². The molecule has 0 amide bonds. The highest BCUT2D eigenvalue weighted by Gasteiger charge is 2.21. The van der Waals surface area contributed by atoms with Gasteiger partial charge in [-0.05, 0) is 72.2 Å². The van der Waals surface area contributed by atoms with Crippen molar-refractivity contribution in [2.24, 2.45) is 0 Å². The van der Waals surface area contributed by atoms with Gasteiger partial charge in [0.25, 0.3) is 0 Å². The molecule has 4 nitrogen and oxygen atoms in total. The highest BCUT2D eigenvalue weighted by molar-refractivity contribution is 5.40. The first-order chi connectivity index (χ1) is 16.2. The summed E-state index contributed by atoms with van der Waals surface area (Å²) in [5.41, 5.74) is 12.5.